The molecule has 0 unspecified atom stereocenters. The molecule has 0 amide bonds. The van der Waals surface area contributed by atoms with Crippen LogP contribution in [0.2, 0.25) is 0 Å². The first kappa shape index (κ1) is 19.7. The highest BCUT2D eigenvalue weighted by Gasteiger charge is 1.95. The number of rotatable bonds is 16. The van der Waals surface area contributed by atoms with E-state index in [-0.39, 0.29) is 0 Å². The zero-order valence-corrected chi connectivity index (χ0v) is 14.3. The number of hydrogen-bond acceptors (Lipinski definition) is 1. The molecule has 0 saturated heterocycles. The molecule has 120 valence electrons. The van der Waals surface area contributed by atoms with Crippen LogP contribution in [0.3, 0.4) is 0 Å². The monoisotopic (exact) mass is 281 g/mol. The minimum Gasteiger partial charge on any atom is -0.310 e. The molecule has 0 fully saturated rings. The average Bonchev–Trinajstić information content (AvgIpc) is 2.47. The van der Waals surface area contributed by atoms with E-state index < -0.39 is 0 Å². The smallest absolute Gasteiger partial charge is 0.00864 e. The summed E-state index contributed by atoms with van der Waals surface area (Å²) in [4.78, 5) is 0. The molecule has 1 nitrogen and oxygen atoms in total. The predicted molar refractivity (Wildman–Crippen MR) is 92.9 cm³/mol. The van der Waals surface area contributed by atoms with Gasteiger partial charge in [0.1, 0.15) is 0 Å². The molecular weight excluding hydrogens is 242 g/mol. The summed E-state index contributed by atoms with van der Waals surface area (Å²) in [5.41, 5.74) is 0.934. The van der Waals surface area contributed by atoms with E-state index in [2.05, 4.69) is 13.8 Å². The van der Waals surface area contributed by atoms with E-state index in [1.54, 1.807) is 0 Å². The molecule has 0 radical (unpaired) electrons. The van der Waals surface area contributed by atoms with Crippen LogP contribution < -0.4 is 0 Å². The van der Waals surface area contributed by atoms with Gasteiger partial charge in [-0.3, -0.25) is 0 Å². The molecular formula is C19H39N. The van der Waals surface area contributed by atoms with Crippen LogP contribution in [0.5, 0.6) is 0 Å². The summed E-state index contributed by atoms with van der Waals surface area (Å²) >= 11 is 0. The van der Waals surface area contributed by atoms with Crippen LogP contribution in [0.15, 0.2) is 0 Å². The van der Waals surface area contributed by atoms with E-state index in [4.69, 9.17) is 5.41 Å². The lowest BCUT2D eigenvalue weighted by molar-refractivity contribution is 0.536. The minimum atomic E-state index is 0.934. The predicted octanol–water partition coefficient (Wildman–Crippen LogP) is 7.29. The average molecular weight is 282 g/mol. The van der Waals surface area contributed by atoms with Gasteiger partial charge in [0.2, 0.25) is 0 Å². The van der Waals surface area contributed by atoms with E-state index in [1.807, 2.05) is 0 Å². The van der Waals surface area contributed by atoms with Crippen molar-refractivity contribution in [3.05, 3.63) is 0 Å². The molecule has 0 atom stereocenters. The lowest BCUT2D eigenvalue weighted by atomic mass is 10.0. The van der Waals surface area contributed by atoms with Crippen molar-refractivity contribution < 1.29 is 0 Å². The fraction of sp³-hybridized carbons (Fsp3) is 0.947. The quantitative estimate of drug-likeness (QED) is 0.227. The first-order valence-corrected chi connectivity index (χ1v) is 9.37. The van der Waals surface area contributed by atoms with Crippen LogP contribution in [-0.4, -0.2) is 5.71 Å². The Bertz CT molecular complexity index is 198. The van der Waals surface area contributed by atoms with Gasteiger partial charge in [-0.25, -0.2) is 0 Å². The van der Waals surface area contributed by atoms with E-state index in [0.29, 0.717) is 0 Å². The second kappa shape index (κ2) is 16.7. The van der Waals surface area contributed by atoms with Gasteiger partial charge < -0.3 is 5.41 Å². The summed E-state index contributed by atoms with van der Waals surface area (Å²) in [5.74, 6) is 0. The summed E-state index contributed by atoms with van der Waals surface area (Å²) in [6.45, 7) is 4.38. The van der Waals surface area contributed by atoms with Crippen molar-refractivity contribution in [3.63, 3.8) is 0 Å². The summed E-state index contributed by atoms with van der Waals surface area (Å²) in [7, 11) is 0. The van der Waals surface area contributed by atoms with Gasteiger partial charge in [-0.15, -0.1) is 0 Å². The molecule has 0 heterocycles. The summed E-state index contributed by atoms with van der Waals surface area (Å²) in [6, 6.07) is 0. The van der Waals surface area contributed by atoms with Crippen molar-refractivity contribution >= 4 is 5.71 Å². The number of unbranched alkanes of at least 4 members (excludes halogenated alkanes) is 13. The maximum Gasteiger partial charge on any atom is 0.00864 e. The van der Waals surface area contributed by atoms with Crippen LogP contribution in [0.1, 0.15) is 117 Å². The van der Waals surface area contributed by atoms with Crippen molar-refractivity contribution in [1.82, 2.24) is 0 Å². The Hall–Kier alpha value is -0.330. The highest BCUT2D eigenvalue weighted by molar-refractivity contribution is 5.80. The van der Waals surface area contributed by atoms with Gasteiger partial charge in [0.05, 0.1) is 0 Å². The Morgan fingerprint density at radius 1 is 0.550 bits per heavy atom. The fourth-order valence-corrected chi connectivity index (χ4v) is 2.71. The lowest BCUT2D eigenvalue weighted by Gasteiger charge is -2.03. The van der Waals surface area contributed by atoms with Crippen LogP contribution >= 0.6 is 0 Å². The van der Waals surface area contributed by atoms with Gasteiger partial charge in [-0.05, 0) is 19.3 Å². The molecule has 0 aromatic rings. The molecule has 0 aromatic carbocycles. The Labute approximate surface area is 128 Å². The molecule has 1 N–H and O–H groups in total. The lowest BCUT2D eigenvalue weighted by Crippen LogP contribution is -1.92. The van der Waals surface area contributed by atoms with Gasteiger partial charge in [0.25, 0.3) is 0 Å². The van der Waals surface area contributed by atoms with Crippen molar-refractivity contribution in [2.45, 2.75) is 117 Å². The molecule has 0 aliphatic rings. The maximum absolute atomic E-state index is 7.60. The SMILES string of the molecule is CCCCCCCCCCCCCCCCC(=N)CC. The first-order valence-electron chi connectivity index (χ1n) is 9.37. The maximum atomic E-state index is 7.60. The van der Waals surface area contributed by atoms with Gasteiger partial charge in [0, 0.05) is 5.71 Å². The molecule has 0 spiro atoms. The number of nitrogens with one attached hydrogen (secondary N) is 1. The highest BCUT2D eigenvalue weighted by atomic mass is 14.4. The fourth-order valence-electron chi connectivity index (χ4n) is 2.71. The molecule has 1 heteroatoms. The molecule has 0 aromatic heterocycles. The molecule has 0 rings (SSSR count). The molecule has 0 bridgehead atoms. The van der Waals surface area contributed by atoms with Crippen molar-refractivity contribution in [2.24, 2.45) is 0 Å². The molecule has 0 saturated carbocycles. The largest absolute Gasteiger partial charge is 0.310 e. The minimum absolute atomic E-state index is 0.934. The third-order valence-corrected chi connectivity index (χ3v) is 4.26. The first-order chi connectivity index (χ1) is 9.81. The zero-order chi connectivity index (χ0) is 14.9. The van der Waals surface area contributed by atoms with E-state index >= 15 is 0 Å². The Balaban J connectivity index is 2.97. The van der Waals surface area contributed by atoms with Gasteiger partial charge in [-0.1, -0.05) is 97.3 Å². The Morgan fingerprint density at radius 2 is 0.900 bits per heavy atom. The van der Waals surface area contributed by atoms with Crippen LogP contribution in [-0.2, 0) is 0 Å². The van der Waals surface area contributed by atoms with Crippen LogP contribution in [0.4, 0.5) is 0 Å². The Morgan fingerprint density at radius 3 is 1.25 bits per heavy atom. The molecule has 20 heavy (non-hydrogen) atoms. The second-order valence-electron chi connectivity index (χ2n) is 6.30. The highest BCUT2D eigenvalue weighted by Crippen LogP contribution is 2.13. The third-order valence-electron chi connectivity index (χ3n) is 4.26. The zero-order valence-electron chi connectivity index (χ0n) is 14.3. The number of hydrogen-bond donors (Lipinski definition) is 1. The standard InChI is InChI=1S/C19H39N/c1-3-5-6-7-8-9-10-11-12-13-14-15-16-17-18-19(20)4-2/h20H,3-18H2,1-2H3. The Kier molecular flexibility index (Phi) is 16.4. The van der Waals surface area contributed by atoms with Gasteiger partial charge in [-0.2, -0.15) is 0 Å². The third kappa shape index (κ3) is 15.7. The summed E-state index contributed by atoms with van der Waals surface area (Å²) < 4.78 is 0. The topological polar surface area (TPSA) is 23.9 Å². The van der Waals surface area contributed by atoms with E-state index in [9.17, 15) is 0 Å². The van der Waals surface area contributed by atoms with Crippen LogP contribution in [0, 0.1) is 5.41 Å². The van der Waals surface area contributed by atoms with Gasteiger partial charge in [0.15, 0.2) is 0 Å². The van der Waals surface area contributed by atoms with Crippen molar-refractivity contribution in [1.29, 1.82) is 5.41 Å². The van der Waals surface area contributed by atoms with Crippen molar-refractivity contribution in [3.8, 4) is 0 Å². The van der Waals surface area contributed by atoms with Crippen molar-refractivity contribution in [2.75, 3.05) is 0 Å². The summed E-state index contributed by atoms with van der Waals surface area (Å²) in [6.07, 6.45) is 21.8. The van der Waals surface area contributed by atoms with E-state index in [1.165, 1.54) is 89.9 Å². The molecule has 0 aliphatic heterocycles. The normalized spacial score (nSPS) is 10.9. The molecule has 0 aliphatic carbocycles. The van der Waals surface area contributed by atoms with E-state index in [0.717, 1.165) is 18.6 Å². The second-order valence-corrected chi connectivity index (χ2v) is 6.30. The summed E-state index contributed by atoms with van der Waals surface area (Å²) in [5, 5.41) is 7.60. The van der Waals surface area contributed by atoms with Crippen LogP contribution in [0.25, 0.3) is 0 Å². The van der Waals surface area contributed by atoms with Gasteiger partial charge >= 0.3 is 0 Å².